The molecule has 0 spiro atoms. The van der Waals surface area contributed by atoms with Gasteiger partial charge in [-0.15, -0.1) is 0 Å². The van der Waals surface area contributed by atoms with Crippen LogP contribution in [0.1, 0.15) is 31.0 Å². The van der Waals surface area contributed by atoms with E-state index in [4.69, 9.17) is 0 Å². The summed E-state index contributed by atoms with van der Waals surface area (Å²) in [4.78, 5) is 0. The number of fused-ring (bicyclic) bond motifs is 2. The van der Waals surface area contributed by atoms with E-state index in [1.54, 1.807) is 0 Å². The smallest absolute Gasteiger partial charge is 0.189 e. The molecule has 0 aromatic heterocycles. The van der Waals surface area contributed by atoms with Gasteiger partial charge in [-0.3, -0.25) is 0 Å². The molecule has 0 aliphatic rings. The maximum Gasteiger partial charge on any atom is 0.189 e. The van der Waals surface area contributed by atoms with Crippen LogP contribution in [0.25, 0.3) is 21.5 Å². The zero-order valence-electron chi connectivity index (χ0n) is 16.0. The molecule has 0 saturated carbocycles. The molecule has 0 heterocycles. The first-order valence-electron chi connectivity index (χ1n) is 9.40. The minimum absolute atomic E-state index is 0.127. The molecule has 0 N–H and O–H groups in total. The second-order valence-corrected chi connectivity index (χ2v) is 7.24. The molecule has 0 radical (unpaired) electrons. The fourth-order valence-corrected chi connectivity index (χ4v) is 3.37. The third kappa shape index (κ3) is 3.37. The molecule has 4 aromatic carbocycles. The minimum Gasteiger partial charge on any atom is -0.195 e. The fraction of sp³-hybridized carbons (Fsp3) is 0.160. The number of azo groups is 1. The van der Waals surface area contributed by atoms with Gasteiger partial charge in [-0.05, 0) is 58.7 Å². The molecule has 0 amide bonds. The number of hydrogen-bond acceptors (Lipinski definition) is 3. The molecule has 3 nitrogen and oxygen atoms in total. The van der Waals surface area contributed by atoms with Crippen LogP contribution in [0.5, 0.6) is 0 Å². The van der Waals surface area contributed by atoms with Gasteiger partial charge in [0.25, 0.3) is 0 Å². The highest BCUT2D eigenvalue weighted by molar-refractivity contribution is 5.84. The summed E-state index contributed by atoms with van der Waals surface area (Å²) in [5.41, 5.74) is 0.916. The molecule has 2 unspecified atom stereocenters. The van der Waals surface area contributed by atoms with Crippen molar-refractivity contribution in [3.05, 3.63) is 96.1 Å². The second kappa shape index (κ2) is 7.25. The Bertz CT molecular complexity index is 1220. The van der Waals surface area contributed by atoms with Crippen molar-refractivity contribution in [1.82, 2.24) is 0 Å². The highest BCUT2D eigenvalue weighted by Gasteiger charge is 2.26. The lowest BCUT2D eigenvalue weighted by atomic mass is 9.92. The van der Waals surface area contributed by atoms with E-state index >= 15 is 0 Å². The van der Waals surface area contributed by atoms with E-state index in [9.17, 15) is 5.26 Å². The second-order valence-electron chi connectivity index (χ2n) is 7.24. The van der Waals surface area contributed by atoms with Gasteiger partial charge in [-0.25, -0.2) is 0 Å². The number of benzene rings is 4. The Kier molecular flexibility index (Phi) is 4.63. The normalized spacial score (nSPS) is 14.8. The Morgan fingerprint density at radius 1 is 0.786 bits per heavy atom. The summed E-state index contributed by atoms with van der Waals surface area (Å²) in [7, 11) is 0. The fourth-order valence-electron chi connectivity index (χ4n) is 3.37. The molecule has 0 saturated heterocycles. The van der Waals surface area contributed by atoms with Crippen molar-refractivity contribution in [3.63, 3.8) is 0 Å². The Morgan fingerprint density at radius 3 is 2.00 bits per heavy atom. The van der Waals surface area contributed by atoms with Crippen LogP contribution in [0.2, 0.25) is 0 Å². The van der Waals surface area contributed by atoms with E-state index in [0.717, 1.165) is 21.9 Å². The van der Waals surface area contributed by atoms with Crippen LogP contribution in [0.15, 0.2) is 95.2 Å². The topological polar surface area (TPSA) is 48.5 Å². The average molecular weight is 363 g/mol. The van der Waals surface area contributed by atoms with Crippen molar-refractivity contribution < 1.29 is 0 Å². The predicted octanol–water partition coefficient (Wildman–Crippen LogP) is 6.95. The van der Waals surface area contributed by atoms with Gasteiger partial charge in [0.05, 0.1) is 12.1 Å². The summed E-state index contributed by atoms with van der Waals surface area (Å²) in [6.45, 7) is 3.82. The van der Waals surface area contributed by atoms with Crippen molar-refractivity contribution in [2.75, 3.05) is 0 Å². The lowest BCUT2D eigenvalue weighted by molar-refractivity contribution is 0.567. The van der Waals surface area contributed by atoms with Crippen LogP contribution >= 0.6 is 0 Å². The zero-order valence-corrected chi connectivity index (χ0v) is 16.0. The molecule has 0 aliphatic heterocycles. The van der Waals surface area contributed by atoms with Gasteiger partial charge in [-0.2, -0.15) is 15.5 Å². The van der Waals surface area contributed by atoms with Crippen LogP contribution in [-0.2, 0) is 5.54 Å². The summed E-state index contributed by atoms with van der Waals surface area (Å²) in [5, 5.41) is 23.4. The van der Waals surface area contributed by atoms with E-state index in [-0.39, 0.29) is 6.04 Å². The van der Waals surface area contributed by atoms with Crippen LogP contribution in [0, 0.1) is 11.3 Å². The van der Waals surface area contributed by atoms with E-state index in [2.05, 4.69) is 52.7 Å². The van der Waals surface area contributed by atoms with Gasteiger partial charge >= 0.3 is 0 Å². The molecule has 4 aromatic rings. The minimum atomic E-state index is -1.02. The van der Waals surface area contributed by atoms with E-state index in [0.29, 0.717) is 0 Å². The number of hydrogen-bond donors (Lipinski definition) is 0. The molecule has 0 fully saturated rings. The molecule has 4 rings (SSSR count). The monoisotopic (exact) mass is 363 g/mol. The third-order valence-corrected chi connectivity index (χ3v) is 5.22. The highest BCUT2D eigenvalue weighted by Crippen LogP contribution is 2.30. The average Bonchev–Trinajstić information content (AvgIpc) is 2.76. The number of rotatable bonds is 4. The Morgan fingerprint density at radius 2 is 1.36 bits per heavy atom. The molecular formula is C25H21N3. The van der Waals surface area contributed by atoms with Gasteiger partial charge in [0.15, 0.2) is 5.54 Å². The Labute approximate surface area is 165 Å². The Balaban J connectivity index is 1.65. The lowest BCUT2D eigenvalue weighted by Crippen LogP contribution is -2.16. The van der Waals surface area contributed by atoms with Crippen LogP contribution < -0.4 is 0 Å². The first-order valence-corrected chi connectivity index (χ1v) is 9.40. The highest BCUT2D eigenvalue weighted by atomic mass is 15.2. The molecular weight excluding hydrogens is 342 g/mol. The quantitative estimate of drug-likeness (QED) is 0.362. The molecule has 2 atom stereocenters. The standard InChI is InChI=1S/C25H21N3/c1-18(21-12-11-19-7-3-5-9-22(19)15-21)27-28-25(2,17-26)24-14-13-20-8-4-6-10-23(20)16-24/h3-16,18H,1-2H3. The van der Waals surface area contributed by atoms with Crippen LogP contribution in [-0.4, -0.2) is 0 Å². The maximum atomic E-state index is 9.83. The van der Waals surface area contributed by atoms with Gasteiger partial charge in [0.2, 0.25) is 0 Å². The van der Waals surface area contributed by atoms with Gasteiger partial charge in [0, 0.05) is 0 Å². The van der Waals surface area contributed by atoms with Crippen molar-refractivity contribution in [2.24, 2.45) is 10.2 Å². The predicted molar refractivity (Wildman–Crippen MR) is 114 cm³/mol. The van der Waals surface area contributed by atoms with Gasteiger partial charge in [0.1, 0.15) is 0 Å². The lowest BCUT2D eigenvalue weighted by Gasteiger charge is -2.17. The summed E-state index contributed by atoms with van der Waals surface area (Å²) in [6, 6.07) is 30.9. The summed E-state index contributed by atoms with van der Waals surface area (Å²) < 4.78 is 0. The molecule has 3 heteroatoms. The van der Waals surface area contributed by atoms with Crippen molar-refractivity contribution >= 4 is 21.5 Å². The maximum absolute atomic E-state index is 9.83. The zero-order chi connectivity index (χ0) is 19.6. The molecule has 0 aliphatic carbocycles. The van der Waals surface area contributed by atoms with Crippen LogP contribution in [0.4, 0.5) is 0 Å². The van der Waals surface area contributed by atoms with Crippen LogP contribution in [0.3, 0.4) is 0 Å². The van der Waals surface area contributed by atoms with E-state index in [1.165, 1.54) is 10.8 Å². The summed E-state index contributed by atoms with van der Waals surface area (Å²) in [5.74, 6) is 0. The third-order valence-electron chi connectivity index (χ3n) is 5.22. The number of nitrogens with zero attached hydrogens (tertiary/aromatic N) is 3. The van der Waals surface area contributed by atoms with Crippen molar-refractivity contribution in [2.45, 2.75) is 25.4 Å². The largest absolute Gasteiger partial charge is 0.195 e. The summed E-state index contributed by atoms with van der Waals surface area (Å²) >= 11 is 0. The Hall–Kier alpha value is -3.51. The van der Waals surface area contributed by atoms with Gasteiger partial charge in [-0.1, -0.05) is 72.8 Å². The SMILES string of the molecule is CC(N=NC(C)(C#N)c1ccc2ccccc2c1)c1ccc2ccccc2c1. The van der Waals surface area contributed by atoms with E-state index in [1.807, 2.05) is 62.4 Å². The molecule has 28 heavy (non-hydrogen) atoms. The van der Waals surface area contributed by atoms with E-state index < -0.39 is 5.54 Å². The van der Waals surface area contributed by atoms with Crippen molar-refractivity contribution in [3.8, 4) is 6.07 Å². The molecule has 136 valence electrons. The van der Waals surface area contributed by atoms with Gasteiger partial charge < -0.3 is 0 Å². The number of nitriles is 1. The summed E-state index contributed by atoms with van der Waals surface area (Å²) in [6.07, 6.45) is 0. The molecule has 0 bridgehead atoms. The van der Waals surface area contributed by atoms with Crippen molar-refractivity contribution in [1.29, 1.82) is 5.26 Å². The first kappa shape index (κ1) is 17.9. The first-order chi connectivity index (χ1) is 13.6.